The molecule has 0 saturated heterocycles. The number of sulfone groups is 1. The van der Waals surface area contributed by atoms with E-state index >= 15 is 0 Å². The first-order chi connectivity index (χ1) is 6.75. The van der Waals surface area contributed by atoms with Crippen molar-refractivity contribution in [2.24, 2.45) is 5.92 Å². The van der Waals surface area contributed by atoms with E-state index in [2.05, 4.69) is 13.8 Å². The maximum absolute atomic E-state index is 11.5. The molecule has 2 nitrogen and oxygen atoms in total. The Morgan fingerprint density at radius 2 is 1.67 bits per heavy atom. The van der Waals surface area contributed by atoms with E-state index in [1.807, 2.05) is 0 Å². The molecule has 0 spiro atoms. The number of hydrogen-bond donors (Lipinski definition) is 0. The Balaban J connectivity index is 3.80. The maximum atomic E-state index is 11.5. The second kappa shape index (κ2) is 6.74. The third-order valence-corrected chi connectivity index (χ3v) is 5.08. The van der Waals surface area contributed by atoms with Gasteiger partial charge in [0.15, 0.2) is 9.84 Å². The fraction of sp³-hybridized carbons (Fsp3) is 1.00. The molecule has 0 radical (unpaired) electrons. The van der Waals surface area contributed by atoms with Gasteiger partial charge < -0.3 is 0 Å². The molecule has 4 heteroatoms. The minimum absolute atomic E-state index is 0.118. The van der Waals surface area contributed by atoms with Crippen LogP contribution in [0.15, 0.2) is 0 Å². The fourth-order valence-corrected chi connectivity index (χ4v) is 2.92. The first-order valence-corrected chi connectivity index (χ1v) is 7.76. The maximum Gasteiger partial charge on any atom is 0.152 e. The topological polar surface area (TPSA) is 34.1 Å². The van der Waals surface area contributed by atoms with Gasteiger partial charge in [-0.25, -0.2) is 8.42 Å². The third kappa shape index (κ3) is 7.18. The molecule has 0 aliphatic carbocycles. The van der Waals surface area contributed by atoms with Gasteiger partial charge in [-0.2, -0.15) is 0 Å². The second-order valence-corrected chi connectivity index (χ2v) is 8.08. The Morgan fingerprint density at radius 3 is 2.07 bits per heavy atom. The highest BCUT2D eigenvalue weighted by atomic mass is 35.5. The third-order valence-electron chi connectivity index (χ3n) is 2.39. The molecule has 0 amide bonds. The molecule has 0 aromatic rings. The molecule has 0 heterocycles. The summed E-state index contributed by atoms with van der Waals surface area (Å²) in [6.07, 6.45) is 2.44. The summed E-state index contributed by atoms with van der Waals surface area (Å²) in [5.74, 6) is 0.848. The van der Waals surface area contributed by atoms with E-state index in [0.717, 1.165) is 12.8 Å². The average molecular weight is 255 g/mol. The molecule has 0 fully saturated rings. The first kappa shape index (κ1) is 15.2. The van der Waals surface area contributed by atoms with Crippen molar-refractivity contribution in [3.63, 3.8) is 0 Å². The number of hydrogen-bond acceptors (Lipinski definition) is 2. The summed E-state index contributed by atoms with van der Waals surface area (Å²) >= 11 is 6.09. The standard InChI is InChI=1S/C11H23ClO2S/c1-9(2)8-11(12)6-5-7-15(13,14)10(3)4/h9-11H,5-8H2,1-4H3. The lowest BCUT2D eigenvalue weighted by atomic mass is 10.1. The lowest BCUT2D eigenvalue weighted by molar-refractivity contribution is 0.537. The van der Waals surface area contributed by atoms with Crippen molar-refractivity contribution in [1.29, 1.82) is 0 Å². The minimum Gasteiger partial charge on any atom is -0.229 e. The van der Waals surface area contributed by atoms with Crippen LogP contribution in [0.1, 0.15) is 47.0 Å². The highest BCUT2D eigenvalue weighted by Gasteiger charge is 2.16. The van der Waals surface area contributed by atoms with Crippen molar-refractivity contribution >= 4 is 21.4 Å². The summed E-state index contributed by atoms with van der Waals surface area (Å²) in [4.78, 5) is 0. The normalized spacial score (nSPS) is 14.9. The molecule has 15 heavy (non-hydrogen) atoms. The van der Waals surface area contributed by atoms with Crippen LogP contribution < -0.4 is 0 Å². The van der Waals surface area contributed by atoms with Gasteiger partial charge in [0.2, 0.25) is 0 Å². The van der Waals surface area contributed by atoms with Crippen LogP contribution >= 0.6 is 11.6 Å². The van der Waals surface area contributed by atoms with E-state index in [1.54, 1.807) is 13.8 Å². The Hall–Kier alpha value is 0.240. The molecular weight excluding hydrogens is 232 g/mol. The predicted molar refractivity (Wildman–Crippen MR) is 67.3 cm³/mol. The highest BCUT2D eigenvalue weighted by molar-refractivity contribution is 7.91. The van der Waals surface area contributed by atoms with Gasteiger partial charge in [0.05, 0.1) is 11.0 Å². The molecule has 0 aliphatic heterocycles. The van der Waals surface area contributed by atoms with E-state index < -0.39 is 9.84 Å². The molecule has 0 aromatic carbocycles. The van der Waals surface area contributed by atoms with Gasteiger partial charge in [-0.05, 0) is 39.0 Å². The van der Waals surface area contributed by atoms with Crippen molar-refractivity contribution in [2.45, 2.75) is 57.6 Å². The van der Waals surface area contributed by atoms with E-state index in [-0.39, 0.29) is 16.4 Å². The first-order valence-electron chi connectivity index (χ1n) is 5.61. The van der Waals surface area contributed by atoms with Crippen molar-refractivity contribution in [3.8, 4) is 0 Å². The summed E-state index contributed by atoms with van der Waals surface area (Å²) in [5.41, 5.74) is 0. The van der Waals surface area contributed by atoms with Crippen LogP contribution in [-0.2, 0) is 9.84 Å². The Kier molecular flexibility index (Phi) is 6.85. The molecule has 0 aromatic heterocycles. The molecular formula is C11H23ClO2S. The number of halogens is 1. The number of rotatable bonds is 7. The van der Waals surface area contributed by atoms with E-state index in [0.29, 0.717) is 12.3 Å². The molecule has 0 bridgehead atoms. The van der Waals surface area contributed by atoms with Crippen molar-refractivity contribution in [1.82, 2.24) is 0 Å². The molecule has 0 rings (SSSR count). The Bertz CT molecular complexity index is 258. The van der Waals surface area contributed by atoms with Crippen LogP contribution in [0, 0.1) is 5.92 Å². The van der Waals surface area contributed by atoms with Gasteiger partial charge in [-0.1, -0.05) is 13.8 Å². The SMILES string of the molecule is CC(C)CC(Cl)CCCS(=O)(=O)C(C)C. The van der Waals surface area contributed by atoms with Crippen LogP contribution in [0.25, 0.3) is 0 Å². The summed E-state index contributed by atoms with van der Waals surface area (Å²) in [6, 6.07) is 0. The van der Waals surface area contributed by atoms with Crippen molar-refractivity contribution in [2.75, 3.05) is 5.75 Å². The minimum atomic E-state index is -2.88. The van der Waals surface area contributed by atoms with Gasteiger partial charge in [0.1, 0.15) is 0 Å². The van der Waals surface area contributed by atoms with Crippen LogP contribution in [0.3, 0.4) is 0 Å². The van der Waals surface area contributed by atoms with E-state index in [9.17, 15) is 8.42 Å². The smallest absolute Gasteiger partial charge is 0.152 e. The van der Waals surface area contributed by atoms with Crippen LogP contribution in [-0.4, -0.2) is 24.8 Å². The van der Waals surface area contributed by atoms with Gasteiger partial charge in [0.25, 0.3) is 0 Å². The largest absolute Gasteiger partial charge is 0.229 e. The zero-order valence-corrected chi connectivity index (χ0v) is 11.7. The summed E-state index contributed by atoms with van der Waals surface area (Å²) in [5, 5.41) is -0.149. The molecule has 0 aliphatic rings. The molecule has 0 N–H and O–H groups in total. The van der Waals surface area contributed by atoms with Crippen LogP contribution in [0.2, 0.25) is 0 Å². The zero-order valence-electron chi connectivity index (χ0n) is 10.2. The molecule has 1 atom stereocenters. The zero-order chi connectivity index (χ0) is 12.1. The predicted octanol–water partition coefficient (Wildman–Crippen LogP) is 3.24. The summed E-state index contributed by atoms with van der Waals surface area (Å²) < 4.78 is 23.0. The second-order valence-electron chi connectivity index (χ2n) is 4.78. The van der Waals surface area contributed by atoms with Crippen LogP contribution in [0.5, 0.6) is 0 Å². The highest BCUT2D eigenvalue weighted by Crippen LogP contribution is 2.16. The average Bonchev–Trinajstić information content (AvgIpc) is 2.01. The molecule has 0 saturated carbocycles. The Labute approximate surface area is 99.3 Å². The van der Waals surface area contributed by atoms with E-state index in [1.165, 1.54) is 0 Å². The summed E-state index contributed by atoms with van der Waals surface area (Å²) in [6.45, 7) is 7.70. The lowest BCUT2D eigenvalue weighted by Crippen LogP contribution is -2.18. The fourth-order valence-electron chi connectivity index (χ4n) is 1.37. The van der Waals surface area contributed by atoms with Gasteiger partial charge in [-0.15, -0.1) is 11.6 Å². The van der Waals surface area contributed by atoms with Crippen LogP contribution in [0.4, 0.5) is 0 Å². The quantitative estimate of drug-likeness (QED) is 0.654. The van der Waals surface area contributed by atoms with Gasteiger partial charge in [0, 0.05) is 5.38 Å². The number of alkyl halides is 1. The summed E-state index contributed by atoms with van der Waals surface area (Å²) in [7, 11) is -2.88. The monoisotopic (exact) mass is 254 g/mol. The molecule has 1 unspecified atom stereocenters. The van der Waals surface area contributed by atoms with Crippen molar-refractivity contribution in [3.05, 3.63) is 0 Å². The van der Waals surface area contributed by atoms with Gasteiger partial charge in [-0.3, -0.25) is 0 Å². The lowest BCUT2D eigenvalue weighted by Gasteiger charge is -2.12. The Morgan fingerprint density at radius 1 is 1.13 bits per heavy atom. The van der Waals surface area contributed by atoms with Gasteiger partial charge >= 0.3 is 0 Å². The molecule has 92 valence electrons. The van der Waals surface area contributed by atoms with E-state index in [4.69, 9.17) is 11.6 Å². The van der Waals surface area contributed by atoms with Crippen molar-refractivity contribution < 1.29 is 8.42 Å².